The molecule has 43 heavy (non-hydrogen) atoms. The number of ether oxygens (including phenoxy) is 1. The summed E-state index contributed by atoms with van der Waals surface area (Å²) in [6.07, 6.45) is 6.43. The number of carboxylic acids is 1. The van der Waals surface area contributed by atoms with E-state index in [0.717, 1.165) is 34.5 Å². The smallest absolute Gasteiger partial charge is 0.354 e. The van der Waals surface area contributed by atoms with Crippen LogP contribution in [0.4, 0.5) is 0 Å². The first-order chi connectivity index (χ1) is 20.8. The maximum absolute atomic E-state index is 13.6. The number of likely N-dealkylation sites (tertiary alicyclic amines) is 1. The van der Waals surface area contributed by atoms with Gasteiger partial charge in [0.2, 0.25) is 0 Å². The predicted molar refractivity (Wildman–Crippen MR) is 160 cm³/mol. The van der Waals surface area contributed by atoms with Crippen LogP contribution in [-0.2, 0) is 0 Å². The van der Waals surface area contributed by atoms with Gasteiger partial charge in [-0.2, -0.15) is 4.73 Å². The average molecular weight is 580 g/mol. The first-order valence-corrected chi connectivity index (χ1v) is 14.9. The molecule has 220 valence electrons. The lowest BCUT2D eigenvalue weighted by Gasteiger charge is -2.44. The largest absolute Gasteiger partial charge is 0.486 e. The summed E-state index contributed by atoms with van der Waals surface area (Å²) in [7, 11) is 0. The van der Waals surface area contributed by atoms with Crippen molar-refractivity contribution in [3.05, 3.63) is 83.3 Å². The summed E-state index contributed by atoms with van der Waals surface area (Å²) in [6.45, 7) is 3.66. The van der Waals surface area contributed by atoms with Gasteiger partial charge in [-0.15, -0.1) is 0 Å². The third-order valence-electron chi connectivity index (χ3n) is 8.99. The summed E-state index contributed by atoms with van der Waals surface area (Å²) in [5.41, 5.74) is 3.70. The standard InChI is InChI=1S/C34H33N3O6/c1-21-16-25-4-5-26(19-29(25)37(21)42-15-9-22-2-3-22)32(39)36-13-10-34(11-14-36)20-30(38)27-17-23(6-7-31(27)43-34)24-8-12-35-28(18-24)33(40)41/h4-8,12,16-19,22H,2-3,9-11,13-15,20H2,1H3,(H,40,41). The summed E-state index contributed by atoms with van der Waals surface area (Å²) in [4.78, 5) is 50.1. The molecule has 1 aliphatic carbocycles. The van der Waals surface area contributed by atoms with Gasteiger partial charge in [-0.1, -0.05) is 25.0 Å². The van der Waals surface area contributed by atoms with Crippen LogP contribution in [0.25, 0.3) is 22.0 Å². The van der Waals surface area contributed by atoms with Crippen molar-refractivity contribution in [1.82, 2.24) is 14.6 Å². The summed E-state index contributed by atoms with van der Waals surface area (Å²) < 4.78 is 8.32. The van der Waals surface area contributed by atoms with Crippen LogP contribution in [0.3, 0.4) is 0 Å². The molecule has 0 bridgehead atoms. The molecule has 2 aliphatic heterocycles. The van der Waals surface area contributed by atoms with Crippen LogP contribution in [0.5, 0.6) is 5.75 Å². The first-order valence-electron chi connectivity index (χ1n) is 14.9. The number of hydrogen-bond acceptors (Lipinski definition) is 6. The minimum Gasteiger partial charge on any atom is -0.486 e. The maximum Gasteiger partial charge on any atom is 0.354 e. The van der Waals surface area contributed by atoms with Crippen molar-refractivity contribution in [1.29, 1.82) is 0 Å². The number of carbonyl (C=O) groups is 3. The zero-order valence-electron chi connectivity index (χ0n) is 24.0. The van der Waals surface area contributed by atoms with Gasteiger partial charge in [-0.3, -0.25) is 9.59 Å². The van der Waals surface area contributed by atoms with Crippen molar-refractivity contribution in [2.24, 2.45) is 5.92 Å². The number of aromatic nitrogens is 2. The Morgan fingerprint density at radius 3 is 2.60 bits per heavy atom. The van der Waals surface area contributed by atoms with Gasteiger partial charge in [0, 0.05) is 43.1 Å². The van der Waals surface area contributed by atoms with Gasteiger partial charge in [-0.25, -0.2) is 9.78 Å². The molecule has 2 aromatic heterocycles. The SMILES string of the molecule is Cc1cc2ccc(C(=O)N3CCC4(CC3)CC(=O)c3cc(-c5ccnc(C(=O)O)c5)ccc3O4)cc2n1OCCC1CC1. The number of carbonyl (C=O) groups excluding carboxylic acids is 2. The van der Waals surface area contributed by atoms with Gasteiger partial charge in [0.1, 0.15) is 23.7 Å². The molecule has 4 aromatic rings. The number of hydrogen-bond donors (Lipinski definition) is 1. The van der Waals surface area contributed by atoms with E-state index >= 15 is 0 Å². The molecule has 2 aromatic carbocycles. The number of benzene rings is 2. The van der Waals surface area contributed by atoms with E-state index in [1.165, 1.54) is 25.1 Å². The molecule has 1 saturated heterocycles. The van der Waals surface area contributed by atoms with E-state index in [2.05, 4.69) is 11.1 Å². The Labute approximate surface area is 249 Å². The van der Waals surface area contributed by atoms with Crippen LogP contribution in [0, 0.1) is 12.8 Å². The van der Waals surface area contributed by atoms with Crippen LogP contribution in [0.2, 0.25) is 0 Å². The normalized spacial score (nSPS) is 17.5. The lowest BCUT2D eigenvalue weighted by atomic mass is 9.82. The average Bonchev–Trinajstić information content (AvgIpc) is 3.78. The molecule has 1 saturated carbocycles. The number of fused-ring (bicyclic) bond motifs is 2. The molecule has 0 radical (unpaired) electrons. The molecule has 1 N–H and O–H groups in total. The Kier molecular flexibility index (Phi) is 6.68. The van der Waals surface area contributed by atoms with Gasteiger partial charge in [-0.05, 0) is 72.9 Å². The number of pyridine rings is 1. The highest BCUT2D eigenvalue weighted by Gasteiger charge is 2.44. The van der Waals surface area contributed by atoms with Crippen molar-refractivity contribution < 1.29 is 29.1 Å². The Hall–Kier alpha value is -4.66. The minimum absolute atomic E-state index is 0.0151. The molecule has 3 aliphatic rings. The second-order valence-corrected chi connectivity index (χ2v) is 12.0. The van der Waals surface area contributed by atoms with Gasteiger partial charge in [0.15, 0.2) is 5.78 Å². The highest BCUT2D eigenvalue weighted by Crippen LogP contribution is 2.41. The summed E-state index contributed by atoms with van der Waals surface area (Å²) in [5, 5.41) is 10.3. The van der Waals surface area contributed by atoms with E-state index in [9.17, 15) is 19.5 Å². The number of ketones is 1. The third kappa shape index (κ3) is 5.24. The van der Waals surface area contributed by atoms with E-state index in [4.69, 9.17) is 9.57 Å². The zero-order valence-corrected chi connectivity index (χ0v) is 24.0. The Morgan fingerprint density at radius 2 is 1.84 bits per heavy atom. The quantitative estimate of drug-likeness (QED) is 0.304. The number of aromatic carboxylic acids is 1. The topological polar surface area (TPSA) is 111 Å². The minimum atomic E-state index is -1.11. The van der Waals surface area contributed by atoms with Gasteiger partial charge in [0.05, 0.1) is 23.2 Å². The lowest BCUT2D eigenvalue weighted by molar-refractivity contribution is -0.00571. The maximum atomic E-state index is 13.6. The first kappa shape index (κ1) is 27.2. The molecule has 1 amide bonds. The Morgan fingerprint density at radius 1 is 1.05 bits per heavy atom. The monoisotopic (exact) mass is 579 g/mol. The van der Waals surface area contributed by atoms with Crippen LogP contribution >= 0.6 is 0 Å². The van der Waals surface area contributed by atoms with Gasteiger partial charge >= 0.3 is 5.97 Å². The number of amides is 1. The van der Waals surface area contributed by atoms with Gasteiger partial charge in [0.25, 0.3) is 5.91 Å². The number of piperidine rings is 1. The number of nitrogens with zero attached hydrogens (tertiary/aromatic N) is 3. The van der Waals surface area contributed by atoms with E-state index in [1.807, 2.05) is 40.8 Å². The second-order valence-electron chi connectivity index (χ2n) is 12.0. The molecule has 0 unspecified atom stereocenters. The van der Waals surface area contributed by atoms with Gasteiger partial charge < -0.3 is 19.6 Å². The fraction of sp³-hybridized carbons (Fsp3) is 0.353. The molecule has 2 fully saturated rings. The predicted octanol–water partition coefficient (Wildman–Crippen LogP) is 5.58. The molecular weight excluding hydrogens is 546 g/mol. The molecule has 9 nitrogen and oxygen atoms in total. The summed E-state index contributed by atoms with van der Waals surface area (Å²) in [5.74, 6) is 0.154. The van der Waals surface area contributed by atoms with E-state index in [0.29, 0.717) is 55.0 Å². The fourth-order valence-electron chi connectivity index (χ4n) is 6.32. The Balaban J connectivity index is 1.04. The number of Topliss-reactive ketones (excluding diaryl/α,β-unsaturated/α-hetero) is 1. The lowest BCUT2D eigenvalue weighted by Crippen LogP contribution is -2.52. The van der Waals surface area contributed by atoms with Crippen molar-refractivity contribution in [2.75, 3.05) is 19.7 Å². The number of carboxylic acid groups (broad SMARTS) is 1. The number of rotatable bonds is 7. The molecule has 0 atom stereocenters. The van der Waals surface area contributed by atoms with Crippen LogP contribution in [0.1, 0.15) is 75.4 Å². The van der Waals surface area contributed by atoms with Crippen molar-refractivity contribution >= 4 is 28.6 Å². The van der Waals surface area contributed by atoms with E-state index in [-0.39, 0.29) is 23.8 Å². The highest BCUT2D eigenvalue weighted by molar-refractivity contribution is 6.02. The molecular formula is C34H33N3O6. The highest BCUT2D eigenvalue weighted by atomic mass is 16.7. The fourth-order valence-corrected chi connectivity index (χ4v) is 6.32. The van der Waals surface area contributed by atoms with Crippen molar-refractivity contribution in [3.63, 3.8) is 0 Å². The summed E-state index contributed by atoms with van der Waals surface area (Å²) in [6, 6.07) is 16.4. The Bertz CT molecular complexity index is 1760. The number of aryl methyl sites for hydroxylation is 1. The van der Waals surface area contributed by atoms with Crippen molar-refractivity contribution in [2.45, 2.75) is 51.0 Å². The summed E-state index contributed by atoms with van der Waals surface area (Å²) >= 11 is 0. The molecule has 1 spiro atoms. The van der Waals surface area contributed by atoms with E-state index in [1.54, 1.807) is 18.2 Å². The van der Waals surface area contributed by atoms with Crippen LogP contribution in [-0.4, -0.2) is 62.7 Å². The van der Waals surface area contributed by atoms with E-state index < -0.39 is 11.6 Å². The zero-order chi connectivity index (χ0) is 29.7. The van der Waals surface area contributed by atoms with Crippen LogP contribution < -0.4 is 9.57 Å². The molecule has 4 heterocycles. The molecule has 7 rings (SSSR count). The van der Waals surface area contributed by atoms with Crippen molar-refractivity contribution in [3.8, 4) is 16.9 Å². The second kappa shape index (κ2) is 10.6. The van der Waals surface area contributed by atoms with Crippen LogP contribution in [0.15, 0.2) is 60.8 Å². The third-order valence-corrected chi connectivity index (χ3v) is 8.99. The molecule has 9 heteroatoms.